The zero-order valence-electron chi connectivity index (χ0n) is 15.1. The number of anilines is 2. The second-order valence-corrected chi connectivity index (χ2v) is 9.17. The van der Waals surface area contributed by atoms with E-state index in [1.165, 1.54) is 0 Å². The molecule has 2 N–H and O–H groups in total. The highest BCUT2D eigenvalue weighted by molar-refractivity contribution is 7.92. The van der Waals surface area contributed by atoms with Gasteiger partial charge in [0.05, 0.1) is 21.5 Å². The molecule has 2 aliphatic rings. The lowest BCUT2D eigenvalue weighted by atomic mass is 10.1. The van der Waals surface area contributed by atoms with Gasteiger partial charge in [-0.2, -0.15) is 0 Å². The molecule has 0 saturated heterocycles. The van der Waals surface area contributed by atoms with E-state index in [-0.39, 0.29) is 17.2 Å². The van der Waals surface area contributed by atoms with Crippen LogP contribution in [0.5, 0.6) is 0 Å². The van der Waals surface area contributed by atoms with E-state index in [9.17, 15) is 18.0 Å². The minimum atomic E-state index is -3.50. The fourth-order valence-corrected chi connectivity index (χ4v) is 5.66. The third-order valence-electron chi connectivity index (χ3n) is 5.15. The molecule has 0 atom stereocenters. The topological polar surface area (TPSA) is 102 Å². The fourth-order valence-electron chi connectivity index (χ4n) is 3.66. The maximum atomic E-state index is 13.0. The van der Waals surface area contributed by atoms with Crippen molar-refractivity contribution in [2.24, 2.45) is 0 Å². The largest absolute Gasteiger partial charge is 0.444 e. The third-order valence-corrected chi connectivity index (χ3v) is 7.46. The van der Waals surface area contributed by atoms with Crippen molar-refractivity contribution in [3.8, 4) is 0 Å². The highest BCUT2D eigenvalue weighted by atomic mass is 32.2. The Bertz CT molecular complexity index is 1040. The molecule has 1 fully saturated rings. The predicted molar refractivity (Wildman–Crippen MR) is 104 cm³/mol. The van der Waals surface area contributed by atoms with Crippen molar-refractivity contribution in [3.63, 3.8) is 0 Å². The van der Waals surface area contributed by atoms with Gasteiger partial charge in [0.15, 0.2) is 9.84 Å². The van der Waals surface area contributed by atoms with Crippen LogP contribution in [0, 0.1) is 0 Å². The molecule has 0 bridgehead atoms. The Balaban J connectivity index is 1.60. The monoisotopic (exact) mass is 400 g/mol. The molecule has 1 heterocycles. The van der Waals surface area contributed by atoms with E-state index >= 15 is 0 Å². The van der Waals surface area contributed by atoms with E-state index in [2.05, 4.69) is 10.6 Å². The van der Waals surface area contributed by atoms with Crippen LogP contribution in [0.15, 0.2) is 47.4 Å². The lowest BCUT2D eigenvalue weighted by Crippen LogP contribution is -2.22. The van der Waals surface area contributed by atoms with Crippen molar-refractivity contribution >= 4 is 33.2 Å². The van der Waals surface area contributed by atoms with Crippen molar-refractivity contribution in [2.75, 3.05) is 10.6 Å². The maximum Gasteiger partial charge on any atom is 0.411 e. The van der Waals surface area contributed by atoms with Crippen LogP contribution in [-0.2, 0) is 21.2 Å². The Morgan fingerprint density at radius 1 is 1.11 bits per heavy atom. The lowest BCUT2D eigenvalue weighted by molar-refractivity contribution is 0.102. The summed E-state index contributed by atoms with van der Waals surface area (Å²) in [6.45, 7) is 0.0783. The molecule has 4 rings (SSSR count). The van der Waals surface area contributed by atoms with Crippen LogP contribution in [0.2, 0.25) is 0 Å². The summed E-state index contributed by atoms with van der Waals surface area (Å²) in [5, 5.41) is 4.90. The van der Waals surface area contributed by atoms with Crippen LogP contribution in [0.1, 0.15) is 41.6 Å². The standard InChI is InChI=1S/C20H20N2O5S/c23-19(13-9-10-16-14(11-13)12-27-20(24)22-16)21-17-7-3-4-8-18(17)28(25,26)15-5-1-2-6-15/h3-4,7-11,15H,1-2,5-6,12H2,(H,21,23)(H,22,24). The number of sulfone groups is 1. The number of hydrogen-bond acceptors (Lipinski definition) is 5. The summed E-state index contributed by atoms with van der Waals surface area (Å²) in [5.41, 5.74) is 1.91. The molecule has 0 radical (unpaired) electrons. The first-order valence-electron chi connectivity index (χ1n) is 9.16. The first-order chi connectivity index (χ1) is 13.4. The first kappa shape index (κ1) is 18.5. The summed E-state index contributed by atoms with van der Waals surface area (Å²) in [6.07, 6.45) is 2.59. The number of carbonyl (C=O) groups is 2. The number of ether oxygens (including phenoxy) is 1. The van der Waals surface area contributed by atoms with Crippen LogP contribution in [0.4, 0.5) is 16.2 Å². The van der Waals surface area contributed by atoms with Crippen molar-refractivity contribution in [2.45, 2.75) is 42.4 Å². The number of rotatable bonds is 4. The van der Waals surface area contributed by atoms with Crippen molar-refractivity contribution in [1.29, 1.82) is 0 Å². The SMILES string of the molecule is O=C1Nc2ccc(C(=O)Nc3ccccc3S(=O)(=O)C3CCCC3)cc2CO1. The number of fused-ring (bicyclic) bond motifs is 1. The molecule has 8 heteroatoms. The quantitative estimate of drug-likeness (QED) is 0.814. The van der Waals surface area contributed by atoms with Crippen molar-refractivity contribution < 1.29 is 22.7 Å². The molecule has 2 aromatic carbocycles. The van der Waals surface area contributed by atoms with E-state index in [4.69, 9.17) is 4.74 Å². The molecule has 1 aliphatic carbocycles. The molecule has 0 aromatic heterocycles. The summed E-state index contributed by atoms with van der Waals surface area (Å²) >= 11 is 0. The Morgan fingerprint density at radius 3 is 2.64 bits per heavy atom. The molecule has 0 unspecified atom stereocenters. The normalized spacial score (nSPS) is 16.8. The van der Waals surface area contributed by atoms with Crippen molar-refractivity contribution in [1.82, 2.24) is 0 Å². The summed E-state index contributed by atoms with van der Waals surface area (Å²) in [5.74, 6) is -0.422. The van der Waals surface area contributed by atoms with Gasteiger partial charge in [-0.15, -0.1) is 0 Å². The molecule has 2 aromatic rings. The Morgan fingerprint density at radius 2 is 1.86 bits per heavy atom. The molecular formula is C20H20N2O5S. The maximum absolute atomic E-state index is 13.0. The van der Waals surface area contributed by atoms with Gasteiger partial charge in [0, 0.05) is 11.1 Å². The van der Waals surface area contributed by atoms with Crippen LogP contribution < -0.4 is 10.6 Å². The highest BCUT2D eigenvalue weighted by Crippen LogP contribution is 2.33. The van der Waals surface area contributed by atoms with E-state index < -0.39 is 27.1 Å². The number of para-hydroxylation sites is 1. The molecule has 7 nitrogen and oxygen atoms in total. The second kappa shape index (κ2) is 7.27. The predicted octanol–water partition coefficient (Wildman–Crippen LogP) is 3.72. The molecular weight excluding hydrogens is 380 g/mol. The summed E-state index contributed by atoms with van der Waals surface area (Å²) in [6, 6.07) is 11.3. The van der Waals surface area contributed by atoms with E-state index in [0.717, 1.165) is 12.8 Å². The van der Waals surface area contributed by atoms with Gasteiger partial charge in [-0.05, 0) is 43.2 Å². The minimum absolute atomic E-state index is 0.0783. The minimum Gasteiger partial charge on any atom is -0.444 e. The smallest absolute Gasteiger partial charge is 0.411 e. The number of cyclic esters (lactones) is 1. The first-order valence-corrected chi connectivity index (χ1v) is 10.7. The third kappa shape index (κ3) is 3.47. The summed E-state index contributed by atoms with van der Waals surface area (Å²) in [7, 11) is -3.50. The number of nitrogens with one attached hydrogen (secondary N) is 2. The van der Waals surface area contributed by atoms with Gasteiger partial charge in [0.2, 0.25) is 0 Å². The lowest BCUT2D eigenvalue weighted by Gasteiger charge is -2.18. The van der Waals surface area contributed by atoms with Gasteiger partial charge in [0.1, 0.15) is 6.61 Å². The highest BCUT2D eigenvalue weighted by Gasteiger charge is 2.32. The zero-order chi connectivity index (χ0) is 19.7. The molecule has 0 spiro atoms. The zero-order valence-corrected chi connectivity index (χ0v) is 15.9. The van der Waals surface area contributed by atoms with Crippen molar-refractivity contribution in [3.05, 3.63) is 53.6 Å². The Hall–Kier alpha value is -2.87. The van der Waals surface area contributed by atoms with E-state index in [1.54, 1.807) is 42.5 Å². The van der Waals surface area contributed by atoms with Gasteiger partial charge in [-0.25, -0.2) is 13.2 Å². The summed E-state index contributed by atoms with van der Waals surface area (Å²) < 4.78 is 30.9. The number of hydrogen-bond donors (Lipinski definition) is 2. The second-order valence-electron chi connectivity index (χ2n) is 6.97. The fraction of sp³-hybridized carbons (Fsp3) is 0.300. The Kier molecular flexibility index (Phi) is 4.80. The molecule has 1 aliphatic heterocycles. The van der Waals surface area contributed by atoms with E-state index in [0.29, 0.717) is 29.7 Å². The van der Waals surface area contributed by atoms with Crippen LogP contribution in [-0.4, -0.2) is 25.7 Å². The van der Waals surface area contributed by atoms with Gasteiger partial charge < -0.3 is 10.1 Å². The average molecular weight is 400 g/mol. The van der Waals surface area contributed by atoms with Gasteiger partial charge in [-0.1, -0.05) is 25.0 Å². The molecule has 28 heavy (non-hydrogen) atoms. The number of carbonyl (C=O) groups excluding carboxylic acids is 2. The molecule has 1 saturated carbocycles. The van der Waals surface area contributed by atoms with Gasteiger partial charge >= 0.3 is 6.09 Å². The van der Waals surface area contributed by atoms with Gasteiger partial charge in [0.25, 0.3) is 5.91 Å². The van der Waals surface area contributed by atoms with Crippen LogP contribution in [0.25, 0.3) is 0 Å². The number of amides is 2. The average Bonchev–Trinajstić information content (AvgIpc) is 3.23. The summed E-state index contributed by atoms with van der Waals surface area (Å²) in [4.78, 5) is 24.1. The number of benzene rings is 2. The van der Waals surface area contributed by atoms with E-state index in [1.807, 2.05) is 0 Å². The van der Waals surface area contributed by atoms with Gasteiger partial charge in [-0.3, -0.25) is 10.1 Å². The van der Waals surface area contributed by atoms with Crippen LogP contribution >= 0.6 is 0 Å². The molecule has 146 valence electrons. The van der Waals surface area contributed by atoms with Crippen LogP contribution in [0.3, 0.4) is 0 Å². The Labute approximate surface area is 163 Å². The molecule has 2 amide bonds.